The normalized spacial score (nSPS) is 14.8. The standard InChI is InChI=1S/C14H16N2O/c1-16(13-3-2-4-13)14(17)9-11-5-7-12(10-15)8-6-11/h5-8,13H,2-4,9H2,1H3. The summed E-state index contributed by atoms with van der Waals surface area (Å²) in [5, 5.41) is 8.69. The summed E-state index contributed by atoms with van der Waals surface area (Å²) in [6.45, 7) is 0. The second kappa shape index (κ2) is 5.01. The zero-order valence-corrected chi connectivity index (χ0v) is 10.0. The molecule has 17 heavy (non-hydrogen) atoms. The van der Waals surface area contributed by atoms with Crippen LogP contribution in [-0.4, -0.2) is 23.9 Å². The Morgan fingerprint density at radius 2 is 2.06 bits per heavy atom. The Morgan fingerprint density at radius 3 is 2.53 bits per heavy atom. The van der Waals surface area contributed by atoms with Gasteiger partial charge in [-0.15, -0.1) is 0 Å². The second-order valence-corrected chi connectivity index (χ2v) is 4.57. The fraction of sp³-hybridized carbons (Fsp3) is 0.429. The highest BCUT2D eigenvalue weighted by Gasteiger charge is 2.25. The molecule has 1 aromatic carbocycles. The topological polar surface area (TPSA) is 44.1 Å². The van der Waals surface area contributed by atoms with E-state index in [4.69, 9.17) is 5.26 Å². The third-order valence-electron chi connectivity index (χ3n) is 3.45. The Balaban J connectivity index is 1.95. The fourth-order valence-electron chi connectivity index (χ4n) is 1.97. The van der Waals surface area contributed by atoms with Gasteiger partial charge >= 0.3 is 0 Å². The first-order valence-electron chi connectivity index (χ1n) is 5.95. The first kappa shape index (κ1) is 11.7. The molecule has 3 heteroatoms. The molecule has 0 radical (unpaired) electrons. The molecule has 0 aliphatic heterocycles. The maximum Gasteiger partial charge on any atom is 0.226 e. The van der Waals surface area contributed by atoms with Gasteiger partial charge < -0.3 is 4.90 Å². The molecule has 1 aliphatic rings. The molecule has 0 N–H and O–H groups in total. The Labute approximate surface area is 102 Å². The van der Waals surface area contributed by atoms with E-state index in [1.165, 1.54) is 6.42 Å². The van der Waals surface area contributed by atoms with Crippen LogP contribution in [0.15, 0.2) is 24.3 Å². The van der Waals surface area contributed by atoms with Crippen molar-refractivity contribution in [1.82, 2.24) is 4.90 Å². The molecule has 2 rings (SSSR count). The minimum Gasteiger partial charge on any atom is -0.342 e. The van der Waals surface area contributed by atoms with Crippen molar-refractivity contribution in [2.75, 3.05) is 7.05 Å². The minimum atomic E-state index is 0.166. The van der Waals surface area contributed by atoms with Crippen LogP contribution in [0.2, 0.25) is 0 Å². The number of nitriles is 1. The minimum absolute atomic E-state index is 0.166. The van der Waals surface area contributed by atoms with Gasteiger partial charge in [-0.2, -0.15) is 5.26 Å². The van der Waals surface area contributed by atoms with Crippen molar-refractivity contribution in [3.05, 3.63) is 35.4 Å². The number of hydrogen-bond donors (Lipinski definition) is 0. The average Bonchev–Trinajstić information content (AvgIpc) is 2.27. The van der Waals surface area contributed by atoms with Gasteiger partial charge in [0.05, 0.1) is 18.1 Å². The van der Waals surface area contributed by atoms with Crippen molar-refractivity contribution in [1.29, 1.82) is 5.26 Å². The van der Waals surface area contributed by atoms with Crippen LogP contribution in [-0.2, 0) is 11.2 Å². The molecule has 0 spiro atoms. The maximum atomic E-state index is 12.0. The van der Waals surface area contributed by atoms with Gasteiger partial charge in [-0.1, -0.05) is 12.1 Å². The Kier molecular flexibility index (Phi) is 3.43. The molecule has 0 aromatic heterocycles. The molecule has 0 bridgehead atoms. The molecular formula is C14H16N2O. The quantitative estimate of drug-likeness (QED) is 0.795. The summed E-state index contributed by atoms with van der Waals surface area (Å²) in [4.78, 5) is 13.8. The lowest BCUT2D eigenvalue weighted by Gasteiger charge is -2.34. The van der Waals surface area contributed by atoms with Gasteiger partial charge in [-0.3, -0.25) is 4.79 Å². The first-order valence-corrected chi connectivity index (χ1v) is 5.95. The molecule has 0 saturated heterocycles. The van der Waals surface area contributed by atoms with Crippen molar-refractivity contribution in [2.24, 2.45) is 0 Å². The van der Waals surface area contributed by atoms with Gasteiger partial charge in [-0.05, 0) is 37.0 Å². The third-order valence-corrected chi connectivity index (χ3v) is 3.45. The average molecular weight is 228 g/mol. The lowest BCUT2D eigenvalue weighted by Crippen LogP contribution is -2.42. The summed E-state index contributed by atoms with van der Waals surface area (Å²) in [7, 11) is 1.88. The van der Waals surface area contributed by atoms with Crippen molar-refractivity contribution in [3.63, 3.8) is 0 Å². The van der Waals surface area contributed by atoms with Gasteiger partial charge in [0.1, 0.15) is 0 Å². The van der Waals surface area contributed by atoms with Crippen LogP contribution < -0.4 is 0 Å². The van der Waals surface area contributed by atoms with E-state index < -0.39 is 0 Å². The lowest BCUT2D eigenvalue weighted by molar-refractivity contribution is -0.132. The molecular weight excluding hydrogens is 212 g/mol. The third kappa shape index (κ3) is 2.65. The maximum absolute atomic E-state index is 12.0. The molecule has 3 nitrogen and oxygen atoms in total. The Hall–Kier alpha value is -1.82. The van der Waals surface area contributed by atoms with E-state index in [0.29, 0.717) is 18.0 Å². The van der Waals surface area contributed by atoms with Crippen molar-refractivity contribution in [3.8, 4) is 6.07 Å². The number of nitrogens with zero attached hydrogens (tertiary/aromatic N) is 2. The number of amides is 1. The number of rotatable bonds is 3. The zero-order valence-electron chi connectivity index (χ0n) is 10.0. The predicted octanol–water partition coefficient (Wildman–Crippen LogP) is 2.11. The number of likely N-dealkylation sites (N-methyl/N-ethyl adjacent to an activating group) is 1. The number of carbonyl (C=O) groups is 1. The van der Waals surface area contributed by atoms with E-state index in [1.807, 2.05) is 24.1 Å². The largest absolute Gasteiger partial charge is 0.342 e. The highest BCUT2D eigenvalue weighted by atomic mass is 16.2. The highest BCUT2D eigenvalue weighted by Crippen LogP contribution is 2.24. The van der Waals surface area contributed by atoms with Crippen LogP contribution in [0, 0.1) is 11.3 Å². The Bertz CT molecular complexity index is 440. The molecule has 0 heterocycles. The number of hydrogen-bond acceptors (Lipinski definition) is 2. The highest BCUT2D eigenvalue weighted by molar-refractivity contribution is 5.79. The SMILES string of the molecule is CN(C(=O)Cc1ccc(C#N)cc1)C1CCC1. The molecule has 1 aromatic rings. The van der Waals surface area contributed by atoms with Crippen LogP contribution in [0.4, 0.5) is 0 Å². The van der Waals surface area contributed by atoms with E-state index in [0.717, 1.165) is 18.4 Å². The first-order chi connectivity index (χ1) is 8.20. The van der Waals surface area contributed by atoms with E-state index in [9.17, 15) is 4.79 Å². The lowest BCUT2D eigenvalue weighted by atomic mass is 9.91. The molecule has 88 valence electrons. The summed E-state index contributed by atoms with van der Waals surface area (Å²) in [6.07, 6.45) is 3.93. The summed E-state index contributed by atoms with van der Waals surface area (Å²) >= 11 is 0. The summed E-state index contributed by atoms with van der Waals surface area (Å²) in [5.74, 6) is 0.166. The second-order valence-electron chi connectivity index (χ2n) is 4.57. The smallest absolute Gasteiger partial charge is 0.226 e. The van der Waals surface area contributed by atoms with Gasteiger partial charge in [0.15, 0.2) is 0 Å². The van der Waals surface area contributed by atoms with Crippen LogP contribution in [0.1, 0.15) is 30.4 Å². The van der Waals surface area contributed by atoms with E-state index in [-0.39, 0.29) is 5.91 Å². The van der Waals surface area contributed by atoms with Crippen LogP contribution in [0.25, 0.3) is 0 Å². The molecule has 0 unspecified atom stereocenters. The van der Waals surface area contributed by atoms with Crippen molar-refractivity contribution >= 4 is 5.91 Å². The van der Waals surface area contributed by atoms with E-state index >= 15 is 0 Å². The van der Waals surface area contributed by atoms with Gasteiger partial charge in [0.25, 0.3) is 0 Å². The molecule has 1 aliphatic carbocycles. The summed E-state index contributed by atoms with van der Waals surface area (Å²) < 4.78 is 0. The van der Waals surface area contributed by atoms with Crippen LogP contribution in [0.5, 0.6) is 0 Å². The van der Waals surface area contributed by atoms with Crippen molar-refractivity contribution in [2.45, 2.75) is 31.7 Å². The predicted molar refractivity (Wildman–Crippen MR) is 65.3 cm³/mol. The molecule has 1 fully saturated rings. The zero-order chi connectivity index (χ0) is 12.3. The van der Waals surface area contributed by atoms with Crippen molar-refractivity contribution < 1.29 is 4.79 Å². The molecule has 0 atom stereocenters. The van der Waals surface area contributed by atoms with Gasteiger partial charge in [0, 0.05) is 13.1 Å². The Morgan fingerprint density at radius 1 is 1.41 bits per heavy atom. The number of carbonyl (C=O) groups excluding carboxylic acids is 1. The van der Waals surface area contributed by atoms with E-state index in [2.05, 4.69) is 6.07 Å². The van der Waals surface area contributed by atoms with Gasteiger partial charge in [0.2, 0.25) is 5.91 Å². The van der Waals surface area contributed by atoms with Gasteiger partial charge in [-0.25, -0.2) is 0 Å². The summed E-state index contributed by atoms with van der Waals surface area (Å²) in [5.41, 5.74) is 1.61. The van der Waals surface area contributed by atoms with Crippen LogP contribution >= 0.6 is 0 Å². The summed E-state index contributed by atoms with van der Waals surface area (Å²) in [6, 6.07) is 9.73. The number of benzene rings is 1. The fourth-order valence-corrected chi connectivity index (χ4v) is 1.97. The van der Waals surface area contributed by atoms with E-state index in [1.54, 1.807) is 12.1 Å². The van der Waals surface area contributed by atoms with Crippen LogP contribution in [0.3, 0.4) is 0 Å². The molecule has 1 saturated carbocycles. The molecule has 1 amide bonds. The monoisotopic (exact) mass is 228 g/mol.